The molecule has 3 aromatic rings. The topological polar surface area (TPSA) is 104 Å². The van der Waals surface area contributed by atoms with Gasteiger partial charge in [-0.05, 0) is 53.9 Å². The molecule has 8 nitrogen and oxygen atoms in total. The number of carbonyl (C=O) groups excluding carboxylic acids is 2. The largest absolute Gasteiger partial charge is 0.416 e. The van der Waals surface area contributed by atoms with Crippen molar-refractivity contribution in [3.63, 3.8) is 0 Å². The van der Waals surface area contributed by atoms with E-state index in [0.717, 1.165) is 22.9 Å². The minimum absolute atomic E-state index is 0. The molecule has 1 fully saturated rings. The van der Waals surface area contributed by atoms with E-state index in [9.17, 15) is 27.9 Å². The molecule has 2 heterocycles. The fourth-order valence-corrected chi connectivity index (χ4v) is 4.03. The van der Waals surface area contributed by atoms with Crippen molar-refractivity contribution in [3.05, 3.63) is 60.3 Å². The molecule has 2 aromatic carbocycles. The summed E-state index contributed by atoms with van der Waals surface area (Å²) in [4.78, 5) is 30.9. The fraction of sp³-hybridized carbons (Fsp3) is 0.227. The number of benzene rings is 2. The van der Waals surface area contributed by atoms with Gasteiger partial charge < -0.3 is 23.6 Å². The minimum atomic E-state index is -4.50. The maximum atomic E-state index is 12.9. The summed E-state index contributed by atoms with van der Waals surface area (Å²) in [5.41, 5.74) is -0.243. The number of hydrogen-bond acceptors (Lipinski definition) is 6. The van der Waals surface area contributed by atoms with E-state index in [1.165, 1.54) is 17.0 Å². The highest BCUT2D eigenvalue weighted by atomic mass is 127. The summed E-state index contributed by atoms with van der Waals surface area (Å²) >= 11 is 1.96. The number of halogens is 5. The summed E-state index contributed by atoms with van der Waals surface area (Å²) in [6, 6.07) is 10.9. The Morgan fingerprint density at radius 3 is 2.57 bits per heavy atom. The maximum absolute atomic E-state index is 12.9. The maximum Gasteiger partial charge on any atom is 0.416 e. The predicted octanol–water partition coefficient (Wildman–Crippen LogP) is 4.17. The molecule has 0 bridgehead atoms. The molecule has 0 unspecified atom stereocenters. The van der Waals surface area contributed by atoms with Crippen LogP contribution in [-0.2, 0) is 20.5 Å². The van der Waals surface area contributed by atoms with Crippen molar-refractivity contribution < 1.29 is 32.6 Å². The highest BCUT2D eigenvalue weighted by molar-refractivity contribution is 14.1. The summed E-state index contributed by atoms with van der Waals surface area (Å²) in [6.07, 6.45) is -6.23. The average molecular weight is 623 g/mol. The summed E-state index contributed by atoms with van der Waals surface area (Å²) < 4.78 is 46.7. The van der Waals surface area contributed by atoms with Gasteiger partial charge in [0.05, 0.1) is 35.0 Å². The molecule has 2 atom stereocenters. The van der Waals surface area contributed by atoms with Gasteiger partial charge in [-0.1, -0.05) is 0 Å². The van der Waals surface area contributed by atoms with Gasteiger partial charge in [-0.3, -0.25) is 9.59 Å². The Bertz CT molecular complexity index is 1230. The molecule has 0 aliphatic carbocycles. The van der Waals surface area contributed by atoms with Gasteiger partial charge in [0.1, 0.15) is 5.82 Å². The van der Waals surface area contributed by atoms with Crippen LogP contribution in [0.15, 0.2) is 54.7 Å². The van der Waals surface area contributed by atoms with Crippen molar-refractivity contribution >= 4 is 75.1 Å². The molecule has 186 valence electrons. The van der Waals surface area contributed by atoms with Crippen molar-refractivity contribution in [2.75, 3.05) is 26.9 Å². The molecule has 0 radical (unpaired) electrons. The average Bonchev–Trinajstić information content (AvgIpc) is 2.82. The number of pyridine rings is 1. The lowest BCUT2D eigenvalue weighted by atomic mass is 10.1. The number of amides is 2. The lowest BCUT2D eigenvalue weighted by molar-refractivity contribution is -0.150. The highest BCUT2D eigenvalue weighted by Gasteiger charge is 2.39. The summed E-state index contributed by atoms with van der Waals surface area (Å²) in [5, 5.41) is 14.7. The number of rotatable bonds is 5. The first kappa shape index (κ1) is 26.9. The van der Waals surface area contributed by atoms with E-state index < -0.39 is 35.8 Å². The molecule has 1 aliphatic rings. The number of aliphatic hydroxyl groups is 1. The van der Waals surface area contributed by atoms with Crippen LogP contribution in [-0.4, -0.2) is 47.3 Å². The Morgan fingerprint density at radius 2 is 1.91 bits per heavy atom. The minimum Gasteiger partial charge on any atom is -0.380 e. The SMILES string of the molecule is Cl.O=C(Nc1ccc2c(NI)nccc2c1)[C@H](O)[C@H]1OCCN(c2ccc(C(F)(F)F)cc2)C1=O. The smallest absolute Gasteiger partial charge is 0.380 e. The van der Waals surface area contributed by atoms with E-state index in [-0.39, 0.29) is 31.2 Å². The monoisotopic (exact) mass is 622 g/mol. The first-order valence-corrected chi connectivity index (χ1v) is 11.1. The number of alkyl halides is 3. The lowest BCUT2D eigenvalue weighted by Crippen LogP contribution is -2.55. The van der Waals surface area contributed by atoms with Crippen molar-refractivity contribution in [1.29, 1.82) is 0 Å². The van der Waals surface area contributed by atoms with Crippen LogP contribution in [0.2, 0.25) is 0 Å². The lowest BCUT2D eigenvalue weighted by Gasteiger charge is -2.34. The van der Waals surface area contributed by atoms with Crippen LogP contribution in [0.1, 0.15) is 5.56 Å². The second kappa shape index (κ2) is 10.9. The van der Waals surface area contributed by atoms with E-state index in [1.54, 1.807) is 30.5 Å². The molecule has 13 heteroatoms. The molecule has 4 rings (SSSR count). The summed E-state index contributed by atoms with van der Waals surface area (Å²) in [5.74, 6) is -0.926. The second-order valence-corrected chi connectivity index (χ2v) is 7.99. The van der Waals surface area contributed by atoms with E-state index in [1.807, 2.05) is 22.9 Å². The zero-order valence-corrected chi connectivity index (χ0v) is 20.7. The van der Waals surface area contributed by atoms with Gasteiger partial charge in [0, 0.05) is 29.5 Å². The van der Waals surface area contributed by atoms with Gasteiger partial charge in [0.25, 0.3) is 11.8 Å². The Hall–Kier alpha value is -2.68. The Morgan fingerprint density at radius 1 is 1.20 bits per heavy atom. The summed E-state index contributed by atoms with van der Waals surface area (Å²) in [7, 11) is 0. The van der Waals surface area contributed by atoms with Crippen molar-refractivity contribution in [2.45, 2.75) is 18.4 Å². The molecular formula is C22H19ClF3IN4O4. The number of ether oxygens (including phenoxy) is 1. The third kappa shape index (κ3) is 5.77. The van der Waals surface area contributed by atoms with Gasteiger partial charge in [0.15, 0.2) is 12.2 Å². The van der Waals surface area contributed by atoms with E-state index in [0.29, 0.717) is 11.5 Å². The Labute approximate surface area is 217 Å². The van der Waals surface area contributed by atoms with Crippen LogP contribution < -0.4 is 13.7 Å². The first-order valence-electron chi connectivity index (χ1n) is 10.0. The number of nitrogens with zero attached hydrogens (tertiary/aromatic N) is 2. The molecule has 0 spiro atoms. The predicted molar refractivity (Wildman–Crippen MR) is 135 cm³/mol. The van der Waals surface area contributed by atoms with Gasteiger partial charge >= 0.3 is 6.18 Å². The fourth-order valence-electron chi connectivity index (χ4n) is 3.60. The summed E-state index contributed by atoms with van der Waals surface area (Å²) in [6.45, 7) is 0.0672. The van der Waals surface area contributed by atoms with Gasteiger partial charge in [-0.15, -0.1) is 12.4 Å². The van der Waals surface area contributed by atoms with Crippen molar-refractivity contribution in [2.24, 2.45) is 0 Å². The van der Waals surface area contributed by atoms with Crippen LogP contribution in [0, 0.1) is 0 Å². The van der Waals surface area contributed by atoms with E-state index >= 15 is 0 Å². The van der Waals surface area contributed by atoms with Crippen LogP contribution in [0.3, 0.4) is 0 Å². The molecular weight excluding hydrogens is 604 g/mol. The number of aromatic nitrogens is 1. The van der Waals surface area contributed by atoms with Crippen LogP contribution in [0.5, 0.6) is 0 Å². The van der Waals surface area contributed by atoms with Crippen LogP contribution in [0.25, 0.3) is 10.8 Å². The molecule has 3 N–H and O–H groups in total. The van der Waals surface area contributed by atoms with Gasteiger partial charge in [-0.2, -0.15) is 13.2 Å². The Balaban J connectivity index is 0.00000342. The quantitative estimate of drug-likeness (QED) is 0.292. The van der Waals surface area contributed by atoms with Crippen LogP contribution >= 0.6 is 35.3 Å². The normalized spacial score (nSPS) is 17.0. The van der Waals surface area contributed by atoms with Crippen molar-refractivity contribution in [3.8, 4) is 0 Å². The number of hydrogen-bond donors (Lipinski definition) is 3. The third-order valence-electron chi connectivity index (χ3n) is 5.30. The zero-order chi connectivity index (χ0) is 24.5. The molecule has 35 heavy (non-hydrogen) atoms. The number of carbonyl (C=O) groups is 2. The zero-order valence-electron chi connectivity index (χ0n) is 17.8. The molecule has 1 aromatic heterocycles. The number of aliphatic hydroxyl groups excluding tert-OH is 1. The standard InChI is InChI=1S/C22H18F3IN4O4.ClH/c23-22(24,25)13-1-4-15(5-2-13)30-9-10-34-18(21(30)33)17(31)20(32)28-14-3-6-16-12(11-14)7-8-27-19(16)29-26;/h1-8,11,17-18,31H,9-10H2,(H,27,29)(H,28,32);1H/t17-,18-;/m1./s1. The number of fused-ring (bicyclic) bond motifs is 1. The van der Waals surface area contributed by atoms with E-state index in [4.69, 9.17) is 4.74 Å². The third-order valence-corrected chi connectivity index (χ3v) is 5.82. The van der Waals surface area contributed by atoms with Gasteiger partial charge in [0.2, 0.25) is 0 Å². The van der Waals surface area contributed by atoms with Gasteiger partial charge in [-0.25, -0.2) is 4.98 Å². The first-order chi connectivity index (χ1) is 16.2. The number of anilines is 3. The molecule has 2 amide bonds. The van der Waals surface area contributed by atoms with E-state index in [2.05, 4.69) is 13.8 Å². The number of morpholine rings is 1. The Kier molecular flexibility index (Phi) is 8.41. The molecule has 1 aliphatic heterocycles. The molecule has 0 saturated carbocycles. The molecule has 1 saturated heterocycles. The second-order valence-electron chi connectivity index (χ2n) is 7.45. The van der Waals surface area contributed by atoms with Crippen LogP contribution in [0.4, 0.5) is 30.4 Å². The highest BCUT2D eigenvalue weighted by Crippen LogP contribution is 2.31. The number of nitrogens with one attached hydrogen (secondary N) is 2. The van der Waals surface area contributed by atoms with Crippen molar-refractivity contribution in [1.82, 2.24) is 4.98 Å².